The van der Waals surface area contributed by atoms with Crippen LogP contribution in [-0.4, -0.2) is 12.6 Å². The molecule has 0 unspecified atom stereocenters. The summed E-state index contributed by atoms with van der Waals surface area (Å²) in [7, 11) is 0. The summed E-state index contributed by atoms with van der Waals surface area (Å²) in [6.07, 6.45) is 0. The molecule has 100 valence electrons. The van der Waals surface area contributed by atoms with Crippen molar-refractivity contribution in [1.82, 2.24) is 0 Å². The van der Waals surface area contributed by atoms with Crippen LogP contribution in [0.25, 0.3) is 0 Å². The molecular formula is C14H15BrN2O2. The maximum absolute atomic E-state index is 12.2. The van der Waals surface area contributed by atoms with Gasteiger partial charge in [-0.05, 0) is 53.5 Å². The van der Waals surface area contributed by atoms with E-state index in [9.17, 15) is 4.79 Å². The summed E-state index contributed by atoms with van der Waals surface area (Å²) >= 11 is 3.20. The van der Waals surface area contributed by atoms with Gasteiger partial charge in [0.25, 0.3) is 0 Å². The number of anilines is 2. The highest BCUT2D eigenvalue weighted by molar-refractivity contribution is 9.10. The Morgan fingerprint density at radius 3 is 2.74 bits per heavy atom. The van der Waals surface area contributed by atoms with Crippen LogP contribution >= 0.6 is 15.9 Å². The molecule has 1 N–H and O–H groups in total. The summed E-state index contributed by atoms with van der Waals surface area (Å²) in [5.74, 6) is 0.419. The number of carbonyl (C=O) groups is 1. The first-order valence-electron chi connectivity index (χ1n) is 6.00. The third-order valence-corrected chi connectivity index (χ3v) is 3.10. The highest BCUT2D eigenvalue weighted by Gasteiger charge is 2.15. The zero-order valence-electron chi connectivity index (χ0n) is 10.8. The number of urea groups is 1. The molecule has 0 aliphatic carbocycles. The van der Waals surface area contributed by atoms with E-state index in [1.54, 1.807) is 17.0 Å². The minimum Gasteiger partial charge on any atom is -0.434 e. The van der Waals surface area contributed by atoms with Crippen molar-refractivity contribution in [3.63, 3.8) is 0 Å². The van der Waals surface area contributed by atoms with Crippen molar-refractivity contribution in [3.8, 4) is 0 Å². The second-order valence-electron chi connectivity index (χ2n) is 4.12. The van der Waals surface area contributed by atoms with Crippen LogP contribution in [0.1, 0.15) is 12.5 Å². The van der Waals surface area contributed by atoms with Gasteiger partial charge < -0.3 is 4.42 Å². The number of furan rings is 1. The van der Waals surface area contributed by atoms with Gasteiger partial charge in [0.1, 0.15) is 0 Å². The minimum atomic E-state index is -0.213. The average molecular weight is 323 g/mol. The van der Waals surface area contributed by atoms with Gasteiger partial charge in [0.05, 0.1) is 0 Å². The lowest BCUT2D eigenvalue weighted by Crippen LogP contribution is -2.34. The summed E-state index contributed by atoms with van der Waals surface area (Å²) in [5, 5.41) is 2.72. The number of rotatable bonds is 3. The molecule has 5 heteroatoms. The van der Waals surface area contributed by atoms with E-state index >= 15 is 0 Å². The van der Waals surface area contributed by atoms with E-state index in [0.29, 0.717) is 17.1 Å². The van der Waals surface area contributed by atoms with Crippen LogP contribution in [0.4, 0.5) is 16.4 Å². The second-order valence-corrected chi connectivity index (χ2v) is 4.90. The van der Waals surface area contributed by atoms with Crippen molar-refractivity contribution in [3.05, 3.63) is 46.6 Å². The molecule has 2 rings (SSSR count). The number of nitrogens with zero attached hydrogens (tertiary/aromatic N) is 1. The van der Waals surface area contributed by atoms with E-state index in [-0.39, 0.29) is 6.03 Å². The van der Waals surface area contributed by atoms with Crippen LogP contribution in [0.5, 0.6) is 0 Å². The first-order valence-corrected chi connectivity index (χ1v) is 6.80. The Kier molecular flexibility index (Phi) is 4.27. The number of hydrogen-bond donors (Lipinski definition) is 1. The van der Waals surface area contributed by atoms with Gasteiger partial charge in [-0.3, -0.25) is 10.2 Å². The lowest BCUT2D eigenvalue weighted by Gasteiger charge is -2.21. The molecule has 0 atom stereocenters. The summed E-state index contributed by atoms with van der Waals surface area (Å²) in [4.78, 5) is 13.9. The fourth-order valence-electron chi connectivity index (χ4n) is 1.79. The molecule has 0 aliphatic rings. The topological polar surface area (TPSA) is 45.5 Å². The molecule has 4 nitrogen and oxygen atoms in total. The van der Waals surface area contributed by atoms with Crippen LogP contribution in [0, 0.1) is 6.92 Å². The molecule has 2 amide bonds. The molecule has 0 saturated carbocycles. The van der Waals surface area contributed by atoms with Gasteiger partial charge in [0.15, 0.2) is 4.67 Å². The molecular weight excluding hydrogens is 308 g/mol. The van der Waals surface area contributed by atoms with E-state index in [1.165, 1.54) is 0 Å². The van der Waals surface area contributed by atoms with Gasteiger partial charge in [-0.1, -0.05) is 12.1 Å². The van der Waals surface area contributed by atoms with Crippen molar-refractivity contribution < 1.29 is 9.21 Å². The number of benzene rings is 1. The van der Waals surface area contributed by atoms with Crippen molar-refractivity contribution in [2.75, 3.05) is 16.8 Å². The number of carbonyl (C=O) groups excluding carboxylic acids is 1. The molecule has 1 aromatic heterocycles. The van der Waals surface area contributed by atoms with Gasteiger partial charge in [-0.2, -0.15) is 0 Å². The highest BCUT2D eigenvalue weighted by Crippen LogP contribution is 2.21. The Hall–Kier alpha value is -1.75. The largest absolute Gasteiger partial charge is 0.434 e. The molecule has 0 bridgehead atoms. The first-order chi connectivity index (χ1) is 9.10. The van der Waals surface area contributed by atoms with Crippen molar-refractivity contribution in [2.24, 2.45) is 0 Å². The minimum absolute atomic E-state index is 0.213. The molecule has 0 aliphatic heterocycles. The summed E-state index contributed by atoms with van der Waals surface area (Å²) in [6.45, 7) is 4.51. The number of nitrogens with one attached hydrogen (secondary N) is 1. The molecule has 1 aromatic carbocycles. The maximum atomic E-state index is 12.2. The Balaban J connectivity index is 2.15. The van der Waals surface area contributed by atoms with Crippen molar-refractivity contribution in [2.45, 2.75) is 13.8 Å². The monoisotopic (exact) mass is 322 g/mol. The van der Waals surface area contributed by atoms with Crippen molar-refractivity contribution >= 4 is 33.5 Å². The third-order valence-electron chi connectivity index (χ3n) is 2.68. The third kappa shape index (κ3) is 3.38. The quantitative estimate of drug-likeness (QED) is 0.909. The zero-order valence-corrected chi connectivity index (χ0v) is 12.4. The SMILES string of the molecule is CCN(C(=O)Nc1ccc(Br)o1)c1cccc(C)c1. The predicted molar refractivity (Wildman–Crippen MR) is 79.6 cm³/mol. The molecule has 1 heterocycles. The summed E-state index contributed by atoms with van der Waals surface area (Å²) in [5.41, 5.74) is 1.98. The van der Waals surface area contributed by atoms with Gasteiger partial charge in [0.2, 0.25) is 5.88 Å². The lowest BCUT2D eigenvalue weighted by molar-refractivity contribution is 0.256. The van der Waals surface area contributed by atoms with Crippen LogP contribution in [0.3, 0.4) is 0 Å². The van der Waals surface area contributed by atoms with E-state index < -0.39 is 0 Å². The lowest BCUT2D eigenvalue weighted by atomic mass is 10.2. The molecule has 2 aromatic rings. The Bertz CT molecular complexity index is 580. The number of hydrogen-bond acceptors (Lipinski definition) is 2. The van der Waals surface area contributed by atoms with Gasteiger partial charge >= 0.3 is 6.03 Å². The summed E-state index contributed by atoms with van der Waals surface area (Å²) in [6, 6.07) is 11.0. The highest BCUT2D eigenvalue weighted by atomic mass is 79.9. The van der Waals surface area contributed by atoms with Crippen LogP contribution in [-0.2, 0) is 0 Å². The van der Waals surface area contributed by atoms with Gasteiger partial charge in [-0.15, -0.1) is 0 Å². The van der Waals surface area contributed by atoms with Crippen LogP contribution < -0.4 is 10.2 Å². The molecule has 0 fully saturated rings. The number of halogens is 1. The molecule has 0 radical (unpaired) electrons. The maximum Gasteiger partial charge on any atom is 0.328 e. The smallest absolute Gasteiger partial charge is 0.328 e. The number of aryl methyl sites for hydroxylation is 1. The van der Waals surface area contributed by atoms with E-state index in [2.05, 4.69) is 21.2 Å². The fourth-order valence-corrected chi connectivity index (χ4v) is 2.10. The zero-order chi connectivity index (χ0) is 13.8. The van der Waals surface area contributed by atoms with Gasteiger partial charge in [-0.25, -0.2) is 4.79 Å². The van der Waals surface area contributed by atoms with Crippen molar-refractivity contribution in [1.29, 1.82) is 0 Å². The fraction of sp³-hybridized carbons (Fsp3) is 0.214. The van der Waals surface area contributed by atoms with Crippen LogP contribution in [0.15, 0.2) is 45.5 Å². The second kappa shape index (κ2) is 5.93. The standard InChI is InChI=1S/C14H15BrN2O2/c1-3-17(11-6-4-5-10(2)9-11)14(18)16-13-8-7-12(15)19-13/h4-9H,3H2,1-2H3,(H,16,18). The average Bonchev–Trinajstić information content (AvgIpc) is 2.75. The van der Waals surface area contributed by atoms with Gasteiger partial charge in [0, 0.05) is 18.3 Å². The normalized spacial score (nSPS) is 10.3. The van der Waals surface area contributed by atoms with E-state index in [1.807, 2.05) is 38.1 Å². The number of amides is 2. The predicted octanol–water partition coefficient (Wildman–Crippen LogP) is 4.41. The molecule has 0 spiro atoms. The Labute approximate surface area is 120 Å². The van der Waals surface area contributed by atoms with Crippen LogP contribution in [0.2, 0.25) is 0 Å². The molecule has 0 saturated heterocycles. The Morgan fingerprint density at radius 2 is 2.16 bits per heavy atom. The van der Waals surface area contributed by atoms with E-state index in [4.69, 9.17) is 4.42 Å². The Morgan fingerprint density at radius 1 is 1.37 bits per heavy atom. The first kappa shape index (κ1) is 13.7. The molecule has 19 heavy (non-hydrogen) atoms. The van der Waals surface area contributed by atoms with E-state index in [0.717, 1.165) is 11.3 Å². The summed E-state index contributed by atoms with van der Waals surface area (Å²) < 4.78 is 5.85.